The number of benzene rings is 1. The minimum Gasteiger partial charge on any atom is -0.482 e. The molecule has 0 radical (unpaired) electrons. The Labute approximate surface area is 135 Å². The lowest BCUT2D eigenvalue weighted by molar-refractivity contribution is 0.252. The van der Waals surface area contributed by atoms with Crippen LogP contribution in [0.1, 0.15) is 17.7 Å². The second-order valence-electron chi connectivity index (χ2n) is 4.18. The van der Waals surface area contributed by atoms with Gasteiger partial charge in [-0.25, -0.2) is 0 Å². The normalized spacial score (nSPS) is 10.8. The number of rotatable bonds is 6. The van der Waals surface area contributed by atoms with Gasteiger partial charge in [0.2, 0.25) is 11.8 Å². The zero-order valence-electron chi connectivity index (χ0n) is 11.5. The molecule has 0 saturated heterocycles. The maximum absolute atomic E-state index is 6.00. The summed E-state index contributed by atoms with van der Waals surface area (Å²) in [6.07, 6.45) is 0. The Morgan fingerprint density at radius 2 is 1.91 bits per heavy atom. The monoisotopic (exact) mass is 338 g/mol. The standard InChI is InChI=1S/C13H11ClN4O3S/c1-8-15-17-12(20-8)7-22-13-18-16-11(21-13)6-19-10-5-3-2-4-9(10)14/h2-5H,6-7H2,1H3. The number of halogens is 1. The Bertz CT molecular complexity index is 761. The molecule has 2 aromatic heterocycles. The first kappa shape index (κ1) is 14.9. The maximum atomic E-state index is 6.00. The van der Waals surface area contributed by atoms with E-state index in [1.54, 1.807) is 19.1 Å². The average Bonchev–Trinajstić information content (AvgIpc) is 3.13. The van der Waals surface area contributed by atoms with Crippen molar-refractivity contribution in [2.75, 3.05) is 0 Å². The van der Waals surface area contributed by atoms with E-state index >= 15 is 0 Å². The van der Waals surface area contributed by atoms with Crippen molar-refractivity contribution in [3.63, 3.8) is 0 Å². The molecule has 9 heteroatoms. The Hall–Kier alpha value is -2.06. The molecule has 22 heavy (non-hydrogen) atoms. The highest BCUT2D eigenvalue weighted by molar-refractivity contribution is 7.98. The van der Waals surface area contributed by atoms with E-state index in [0.717, 1.165) is 0 Å². The maximum Gasteiger partial charge on any atom is 0.277 e. The summed E-state index contributed by atoms with van der Waals surface area (Å²) in [5.74, 6) is 2.43. The summed E-state index contributed by atoms with van der Waals surface area (Å²) in [5.41, 5.74) is 0. The first-order valence-electron chi connectivity index (χ1n) is 6.32. The molecular formula is C13H11ClN4O3S. The zero-order valence-corrected chi connectivity index (χ0v) is 13.1. The third kappa shape index (κ3) is 3.77. The van der Waals surface area contributed by atoms with Gasteiger partial charge >= 0.3 is 0 Å². The van der Waals surface area contributed by atoms with Crippen LogP contribution in [0.2, 0.25) is 5.02 Å². The highest BCUT2D eigenvalue weighted by atomic mass is 35.5. The smallest absolute Gasteiger partial charge is 0.277 e. The molecule has 0 aliphatic carbocycles. The van der Waals surface area contributed by atoms with Crippen LogP contribution in [0.15, 0.2) is 38.3 Å². The number of thioether (sulfide) groups is 1. The van der Waals surface area contributed by atoms with Crippen LogP contribution in [-0.4, -0.2) is 20.4 Å². The first-order chi connectivity index (χ1) is 10.7. The predicted octanol–water partition coefficient (Wildman–Crippen LogP) is 3.29. The van der Waals surface area contributed by atoms with E-state index in [4.69, 9.17) is 25.2 Å². The summed E-state index contributed by atoms with van der Waals surface area (Å²) in [5, 5.41) is 16.4. The molecule has 3 aromatic rings. The van der Waals surface area contributed by atoms with E-state index in [1.807, 2.05) is 12.1 Å². The average molecular weight is 339 g/mol. The van der Waals surface area contributed by atoms with Crippen LogP contribution in [-0.2, 0) is 12.4 Å². The van der Waals surface area contributed by atoms with Crippen molar-refractivity contribution in [2.45, 2.75) is 24.5 Å². The lowest BCUT2D eigenvalue weighted by Gasteiger charge is -2.04. The molecule has 0 aliphatic rings. The van der Waals surface area contributed by atoms with Gasteiger partial charge in [0.15, 0.2) is 6.61 Å². The van der Waals surface area contributed by atoms with E-state index in [2.05, 4.69) is 20.4 Å². The van der Waals surface area contributed by atoms with E-state index < -0.39 is 0 Å². The Kier molecular flexibility index (Phi) is 4.59. The zero-order chi connectivity index (χ0) is 15.4. The van der Waals surface area contributed by atoms with E-state index in [-0.39, 0.29) is 6.61 Å². The molecule has 1 aromatic carbocycles. The second kappa shape index (κ2) is 6.80. The number of hydrogen-bond donors (Lipinski definition) is 0. The van der Waals surface area contributed by atoms with Crippen LogP contribution in [0.5, 0.6) is 5.75 Å². The van der Waals surface area contributed by atoms with Gasteiger partial charge in [0.05, 0.1) is 10.8 Å². The Morgan fingerprint density at radius 3 is 2.68 bits per heavy atom. The van der Waals surface area contributed by atoms with Crippen molar-refractivity contribution in [1.29, 1.82) is 0 Å². The van der Waals surface area contributed by atoms with Gasteiger partial charge in [-0.15, -0.1) is 20.4 Å². The molecule has 7 nitrogen and oxygen atoms in total. The fourth-order valence-corrected chi connectivity index (χ4v) is 2.38. The molecule has 0 amide bonds. The Morgan fingerprint density at radius 1 is 1.09 bits per heavy atom. The molecule has 0 unspecified atom stereocenters. The van der Waals surface area contributed by atoms with Crippen molar-refractivity contribution in [3.05, 3.63) is 47.0 Å². The number of para-hydroxylation sites is 1. The molecule has 0 saturated carbocycles. The van der Waals surface area contributed by atoms with Gasteiger partial charge in [-0.05, 0) is 12.1 Å². The number of aryl methyl sites for hydroxylation is 1. The molecule has 114 valence electrons. The topological polar surface area (TPSA) is 87.1 Å². The van der Waals surface area contributed by atoms with Crippen LogP contribution < -0.4 is 4.74 Å². The molecule has 0 bridgehead atoms. The van der Waals surface area contributed by atoms with Gasteiger partial charge in [0.25, 0.3) is 11.1 Å². The van der Waals surface area contributed by atoms with Crippen LogP contribution in [0.25, 0.3) is 0 Å². The van der Waals surface area contributed by atoms with Crippen LogP contribution in [0.3, 0.4) is 0 Å². The van der Waals surface area contributed by atoms with Gasteiger partial charge in [-0.1, -0.05) is 35.5 Å². The molecular weight excluding hydrogens is 328 g/mol. The van der Waals surface area contributed by atoms with Gasteiger partial charge in [0.1, 0.15) is 5.75 Å². The third-order valence-corrected chi connectivity index (χ3v) is 3.64. The first-order valence-corrected chi connectivity index (χ1v) is 7.68. The highest BCUT2D eigenvalue weighted by Crippen LogP contribution is 2.25. The summed E-state index contributed by atoms with van der Waals surface area (Å²) >= 11 is 7.31. The van der Waals surface area contributed by atoms with Crippen LogP contribution in [0.4, 0.5) is 0 Å². The van der Waals surface area contributed by atoms with Gasteiger partial charge in [-0.3, -0.25) is 0 Å². The van der Waals surface area contributed by atoms with Crippen molar-refractivity contribution < 1.29 is 13.6 Å². The number of hydrogen-bond acceptors (Lipinski definition) is 8. The van der Waals surface area contributed by atoms with Crippen molar-refractivity contribution in [2.24, 2.45) is 0 Å². The molecule has 0 fully saturated rings. The fourth-order valence-electron chi connectivity index (χ4n) is 1.58. The number of ether oxygens (including phenoxy) is 1. The summed E-state index contributed by atoms with van der Waals surface area (Å²) in [6, 6.07) is 7.18. The summed E-state index contributed by atoms with van der Waals surface area (Å²) in [4.78, 5) is 0. The van der Waals surface area contributed by atoms with Gasteiger partial charge in [-0.2, -0.15) is 0 Å². The van der Waals surface area contributed by atoms with Crippen molar-refractivity contribution in [3.8, 4) is 5.75 Å². The van der Waals surface area contributed by atoms with Gasteiger partial charge < -0.3 is 13.6 Å². The number of aromatic nitrogens is 4. The van der Waals surface area contributed by atoms with Crippen LogP contribution in [0, 0.1) is 6.92 Å². The summed E-state index contributed by atoms with van der Waals surface area (Å²) in [6.45, 7) is 1.88. The van der Waals surface area contributed by atoms with E-state index in [9.17, 15) is 0 Å². The molecule has 0 atom stereocenters. The molecule has 2 heterocycles. The van der Waals surface area contributed by atoms with E-state index in [0.29, 0.717) is 39.4 Å². The van der Waals surface area contributed by atoms with Crippen molar-refractivity contribution >= 4 is 23.4 Å². The molecule has 0 aliphatic heterocycles. The van der Waals surface area contributed by atoms with Crippen molar-refractivity contribution in [1.82, 2.24) is 20.4 Å². The SMILES string of the molecule is Cc1nnc(CSc2nnc(COc3ccccc3Cl)o2)o1. The summed E-state index contributed by atoms with van der Waals surface area (Å²) in [7, 11) is 0. The fraction of sp³-hybridized carbons (Fsp3) is 0.231. The molecule has 3 rings (SSSR count). The molecule has 0 spiro atoms. The van der Waals surface area contributed by atoms with Crippen LogP contribution >= 0.6 is 23.4 Å². The Balaban J connectivity index is 1.54. The van der Waals surface area contributed by atoms with Gasteiger partial charge in [0, 0.05) is 6.92 Å². The lowest BCUT2D eigenvalue weighted by Crippen LogP contribution is -1.95. The predicted molar refractivity (Wildman–Crippen MR) is 78.7 cm³/mol. The quantitative estimate of drug-likeness (QED) is 0.633. The number of nitrogens with zero attached hydrogens (tertiary/aromatic N) is 4. The summed E-state index contributed by atoms with van der Waals surface area (Å²) < 4.78 is 16.2. The lowest BCUT2D eigenvalue weighted by atomic mass is 10.3. The van der Waals surface area contributed by atoms with E-state index in [1.165, 1.54) is 11.8 Å². The minimum atomic E-state index is 0.150. The largest absolute Gasteiger partial charge is 0.482 e. The minimum absolute atomic E-state index is 0.150. The third-order valence-electron chi connectivity index (χ3n) is 2.52. The molecule has 0 N–H and O–H groups in total. The second-order valence-corrected chi connectivity index (χ2v) is 5.52. The highest BCUT2D eigenvalue weighted by Gasteiger charge is 2.11.